The first kappa shape index (κ1) is 21.3. The Kier molecular flexibility index (Phi) is 6.17. The number of likely N-dealkylation sites (tertiary alicyclic amines) is 1. The van der Waals surface area contributed by atoms with Crippen molar-refractivity contribution in [1.82, 2.24) is 15.2 Å². The number of carbonyl (C=O) groups excluding carboxylic acids is 2. The molecular formula is C27H25N3O2S. The van der Waals surface area contributed by atoms with Crippen LogP contribution in [0, 0.1) is 5.92 Å². The SMILES string of the molecule is O=C(NCc1nc(-c2ccccc2)cs1)C1CCCN(C(=O)c2cccc3ccccc23)C1. The maximum atomic E-state index is 13.3. The van der Waals surface area contributed by atoms with Gasteiger partial charge in [0.2, 0.25) is 5.91 Å². The van der Waals surface area contributed by atoms with E-state index >= 15 is 0 Å². The highest BCUT2D eigenvalue weighted by molar-refractivity contribution is 7.09. The Morgan fingerprint density at radius 2 is 1.79 bits per heavy atom. The van der Waals surface area contributed by atoms with Crippen LogP contribution in [0.3, 0.4) is 0 Å². The number of amides is 2. The van der Waals surface area contributed by atoms with Gasteiger partial charge in [-0.2, -0.15) is 0 Å². The number of fused-ring (bicyclic) bond motifs is 1. The second kappa shape index (κ2) is 9.55. The summed E-state index contributed by atoms with van der Waals surface area (Å²) in [4.78, 5) is 32.7. The average Bonchev–Trinajstić information content (AvgIpc) is 3.36. The molecule has 0 saturated carbocycles. The van der Waals surface area contributed by atoms with Gasteiger partial charge in [-0.1, -0.05) is 66.7 Å². The summed E-state index contributed by atoms with van der Waals surface area (Å²) >= 11 is 1.55. The Labute approximate surface area is 197 Å². The minimum absolute atomic E-state index is 0.00303. The van der Waals surface area contributed by atoms with Gasteiger partial charge in [-0.3, -0.25) is 9.59 Å². The summed E-state index contributed by atoms with van der Waals surface area (Å²) in [5.74, 6) is -0.218. The Balaban J connectivity index is 1.22. The molecule has 4 aromatic rings. The lowest BCUT2D eigenvalue weighted by Crippen LogP contribution is -2.45. The molecule has 2 heterocycles. The smallest absolute Gasteiger partial charge is 0.254 e. The Bertz CT molecular complexity index is 1280. The number of hydrogen-bond acceptors (Lipinski definition) is 4. The van der Waals surface area contributed by atoms with Crippen LogP contribution in [0.5, 0.6) is 0 Å². The molecule has 0 spiro atoms. The lowest BCUT2D eigenvalue weighted by molar-refractivity contribution is -0.126. The molecule has 1 aliphatic heterocycles. The van der Waals surface area contributed by atoms with Crippen molar-refractivity contribution < 1.29 is 9.59 Å². The van der Waals surface area contributed by atoms with Gasteiger partial charge < -0.3 is 10.2 Å². The van der Waals surface area contributed by atoms with Gasteiger partial charge in [0.25, 0.3) is 5.91 Å². The van der Waals surface area contributed by atoms with Gasteiger partial charge in [0.1, 0.15) is 5.01 Å². The number of piperidine rings is 1. The number of nitrogens with one attached hydrogen (secondary N) is 1. The van der Waals surface area contributed by atoms with Crippen LogP contribution >= 0.6 is 11.3 Å². The Hall–Kier alpha value is -3.51. The summed E-state index contributed by atoms with van der Waals surface area (Å²) in [6.07, 6.45) is 1.61. The lowest BCUT2D eigenvalue weighted by atomic mass is 9.95. The summed E-state index contributed by atoms with van der Waals surface area (Å²) in [7, 11) is 0. The monoisotopic (exact) mass is 455 g/mol. The van der Waals surface area contributed by atoms with Gasteiger partial charge in [0.15, 0.2) is 0 Å². The van der Waals surface area contributed by atoms with Gasteiger partial charge >= 0.3 is 0 Å². The molecule has 1 N–H and O–H groups in total. The van der Waals surface area contributed by atoms with Crippen LogP contribution in [-0.2, 0) is 11.3 Å². The maximum Gasteiger partial charge on any atom is 0.254 e. The molecule has 1 atom stereocenters. The topological polar surface area (TPSA) is 62.3 Å². The van der Waals surface area contributed by atoms with Crippen LogP contribution in [0.15, 0.2) is 78.2 Å². The standard InChI is InChI=1S/C27H25N3O2S/c31-26(28-16-25-29-24(18-33-25)20-9-2-1-3-10-20)21-12-7-15-30(17-21)27(32)23-14-6-11-19-8-4-5-13-22(19)23/h1-6,8-11,13-14,18,21H,7,12,15-17H2,(H,28,31). The molecule has 1 saturated heterocycles. The molecule has 1 unspecified atom stereocenters. The maximum absolute atomic E-state index is 13.3. The number of hydrogen-bond donors (Lipinski definition) is 1. The number of carbonyl (C=O) groups is 2. The third kappa shape index (κ3) is 4.66. The molecule has 1 aliphatic rings. The zero-order valence-electron chi connectivity index (χ0n) is 18.2. The molecule has 166 valence electrons. The number of rotatable bonds is 5. The van der Waals surface area contributed by atoms with E-state index in [2.05, 4.69) is 10.3 Å². The van der Waals surface area contributed by atoms with E-state index in [-0.39, 0.29) is 17.7 Å². The summed E-state index contributed by atoms with van der Waals surface area (Å²) in [5.41, 5.74) is 2.70. The van der Waals surface area contributed by atoms with Gasteiger partial charge in [0.05, 0.1) is 18.2 Å². The first-order valence-corrected chi connectivity index (χ1v) is 12.1. The predicted molar refractivity (Wildman–Crippen MR) is 132 cm³/mol. The summed E-state index contributed by atoms with van der Waals surface area (Å²) in [6.45, 7) is 1.53. The van der Waals surface area contributed by atoms with Gasteiger partial charge in [-0.15, -0.1) is 11.3 Å². The Morgan fingerprint density at radius 1 is 1.00 bits per heavy atom. The summed E-state index contributed by atoms with van der Waals surface area (Å²) < 4.78 is 0. The van der Waals surface area contributed by atoms with Crippen molar-refractivity contribution in [3.8, 4) is 11.3 Å². The van der Waals surface area contributed by atoms with E-state index in [0.29, 0.717) is 25.2 Å². The second-order valence-corrected chi connectivity index (χ2v) is 9.27. The van der Waals surface area contributed by atoms with Crippen LogP contribution < -0.4 is 5.32 Å². The molecule has 0 radical (unpaired) electrons. The quantitative estimate of drug-likeness (QED) is 0.454. The average molecular weight is 456 g/mol. The molecule has 0 aliphatic carbocycles. The van der Waals surface area contributed by atoms with Crippen LogP contribution in [0.4, 0.5) is 0 Å². The Morgan fingerprint density at radius 3 is 2.67 bits per heavy atom. The van der Waals surface area contributed by atoms with E-state index in [1.807, 2.05) is 83.1 Å². The van der Waals surface area contributed by atoms with E-state index in [4.69, 9.17) is 0 Å². The molecule has 5 rings (SSSR count). The van der Waals surface area contributed by atoms with Gasteiger partial charge in [-0.05, 0) is 29.7 Å². The lowest BCUT2D eigenvalue weighted by Gasteiger charge is -2.32. The molecular weight excluding hydrogens is 430 g/mol. The summed E-state index contributed by atoms with van der Waals surface area (Å²) in [6, 6.07) is 23.8. The highest BCUT2D eigenvalue weighted by atomic mass is 32.1. The molecule has 5 nitrogen and oxygen atoms in total. The van der Waals surface area contributed by atoms with Crippen molar-refractivity contribution in [3.05, 3.63) is 88.7 Å². The molecule has 2 amide bonds. The first-order chi connectivity index (χ1) is 16.2. The fourth-order valence-electron chi connectivity index (χ4n) is 4.40. The van der Waals surface area contributed by atoms with E-state index < -0.39 is 0 Å². The first-order valence-electron chi connectivity index (χ1n) is 11.2. The van der Waals surface area contributed by atoms with Crippen LogP contribution in [0.25, 0.3) is 22.0 Å². The van der Waals surface area contributed by atoms with Crippen LogP contribution in [0.2, 0.25) is 0 Å². The van der Waals surface area contributed by atoms with Gasteiger partial charge in [-0.25, -0.2) is 4.98 Å². The third-order valence-electron chi connectivity index (χ3n) is 6.13. The van der Waals surface area contributed by atoms with E-state index in [1.54, 1.807) is 11.3 Å². The van der Waals surface area contributed by atoms with E-state index in [9.17, 15) is 9.59 Å². The largest absolute Gasteiger partial charge is 0.349 e. The van der Waals surface area contributed by atoms with Crippen molar-refractivity contribution >= 4 is 33.9 Å². The zero-order valence-corrected chi connectivity index (χ0v) is 19.1. The third-order valence-corrected chi connectivity index (χ3v) is 6.98. The predicted octanol–water partition coefficient (Wildman–Crippen LogP) is 5.13. The number of benzene rings is 3. The van der Waals surface area contributed by atoms with Crippen molar-refractivity contribution in [1.29, 1.82) is 0 Å². The van der Waals surface area contributed by atoms with Gasteiger partial charge in [0, 0.05) is 29.6 Å². The molecule has 0 bridgehead atoms. The summed E-state index contributed by atoms with van der Waals surface area (Å²) in [5, 5.41) is 7.93. The fraction of sp³-hybridized carbons (Fsp3) is 0.222. The van der Waals surface area contributed by atoms with Crippen molar-refractivity contribution in [3.63, 3.8) is 0 Å². The second-order valence-electron chi connectivity index (χ2n) is 8.33. The number of aromatic nitrogens is 1. The molecule has 33 heavy (non-hydrogen) atoms. The molecule has 3 aromatic carbocycles. The zero-order chi connectivity index (χ0) is 22.6. The normalized spacial score (nSPS) is 16.0. The van der Waals surface area contributed by atoms with Crippen molar-refractivity contribution in [2.75, 3.05) is 13.1 Å². The molecule has 6 heteroatoms. The number of nitrogens with zero attached hydrogens (tertiary/aromatic N) is 2. The molecule has 1 aromatic heterocycles. The van der Waals surface area contributed by atoms with E-state index in [1.165, 1.54) is 0 Å². The molecule has 1 fully saturated rings. The minimum Gasteiger partial charge on any atom is -0.349 e. The van der Waals surface area contributed by atoms with Crippen molar-refractivity contribution in [2.24, 2.45) is 5.92 Å². The fourth-order valence-corrected chi connectivity index (χ4v) is 5.14. The number of thiazole rings is 1. The highest BCUT2D eigenvalue weighted by Gasteiger charge is 2.29. The van der Waals surface area contributed by atoms with Crippen LogP contribution in [0.1, 0.15) is 28.2 Å². The highest BCUT2D eigenvalue weighted by Crippen LogP contribution is 2.24. The van der Waals surface area contributed by atoms with Crippen molar-refractivity contribution in [2.45, 2.75) is 19.4 Å². The van der Waals surface area contributed by atoms with Crippen LogP contribution in [-0.4, -0.2) is 34.8 Å². The minimum atomic E-state index is -0.203. The van der Waals surface area contributed by atoms with E-state index in [0.717, 1.165) is 39.9 Å².